The van der Waals surface area contributed by atoms with Crippen LogP contribution in [0.2, 0.25) is 0 Å². The molecule has 0 saturated heterocycles. The van der Waals surface area contributed by atoms with Crippen molar-refractivity contribution >= 4 is 11.5 Å². The maximum absolute atomic E-state index is 12.3. The van der Waals surface area contributed by atoms with E-state index < -0.39 is 4.92 Å². The number of carbonyl (C=O) groups is 1. The lowest BCUT2D eigenvalue weighted by atomic mass is 10.1. The molecule has 138 valence electrons. The highest BCUT2D eigenvalue weighted by Gasteiger charge is 2.15. The number of nitrogens with zero attached hydrogens (tertiary/aromatic N) is 3. The lowest BCUT2D eigenvalue weighted by Crippen LogP contribution is -3.00. The summed E-state index contributed by atoms with van der Waals surface area (Å²) >= 11 is 0. The van der Waals surface area contributed by atoms with Crippen molar-refractivity contribution in [3.63, 3.8) is 0 Å². The van der Waals surface area contributed by atoms with Gasteiger partial charge in [0.25, 0.3) is 12.0 Å². The van der Waals surface area contributed by atoms with Crippen molar-refractivity contribution in [3.05, 3.63) is 82.8 Å². The van der Waals surface area contributed by atoms with E-state index in [0.717, 1.165) is 17.0 Å². The second-order valence-corrected chi connectivity index (χ2v) is 5.58. The molecule has 0 aliphatic heterocycles. The van der Waals surface area contributed by atoms with Crippen LogP contribution >= 0.6 is 0 Å². The average Bonchev–Trinajstić information content (AvgIpc) is 2.68. The van der Waals surface area contributed by atoms with Gasteiger partial charge < -0.3 is 21.7 Å². The fourth-order valence-corrected chi connectivity index (χ4v) is 2.46. The largest absolute Gasteiger partial charge is 1.00 e. The summed E-state index contributed by atoms with van der Waals surface area (Å²) in [5, 5.41) is 10.8. The zero-order chi connectivity index (χ0) is 18.5. The quantitative estimate of drug-likeness (QED) is 0.235. The van der Waals surface area contributed by atoms with Crippen LogP contribution in [0.4, 0.5) is 5.69 Å². The molecule has 3 rings (SSSR count). The normalized spacial score (nSPS) is 9.96. The third-order valence-corrected chi connectivity index (χ3v) is 3.86. The van der Waals surface area contributed by atoms with Crippen LogP contribution in [-0.4, -0.2) is 22.8 Å². The number of ketones is 1. The van der Waals surface area contributed by atoms with Gasteiger partial charge in [-0.3, -0.25) is 14.9 Å². The number of Topliss-reactive ketones (excluding diaryl/α,β-unsaturated/α-hetero) is 1. The van der Waals surface area contributed by atoms with Gasteiger partial charge >= 0.3 is 0 Å². The van der Waals surface area contributed by atoms with E-state index in [2.05, 4.69) is 4.98 Å². The minimum absolute atomic E-state index is 0. The number of methoxy groups -OCH3 is 1. The van der Waals surface area contributed by atoms with E-state index >= 15 is 0 Å². The smallest absolute Gasteiger partial charge is 0.287 e. The minimum atomic E-state index is -0.519. The third kappa shape index (κ3) is 4.95. The Kier molecular flexibility index (Phi) is 6.73. The zero-order valence-corrected chi connectivity index (χ0v) is 16.0. The van der Waals surface area contributed by atoms with E-state index in [0.29, 0.717) is 5.56 Å². The number of halogens is 1. The third-order valence-electron chi connectivity index (χ3n) is 3.86. The van der Waals surface area contributed by atoms with Gasteiger partial charge in [0.15, 0.2) is 12.2 Å². The van der Waals surface area contributed by atoms with E-state index in [4.69, 9.17) is 4.74 Å². The van der Waals surface area contributed by atoms with Gasteiger partial charge in [0, 0.05) is 29.3 Å². The lowest BCUT2D eigenvalue weighted by Gasteiger charge is -2.02. The lowest BCUT2D eigenvalue weighted by molar-refractivity contribution is -0.686. The van der Waals surface area contributed by atoms with Gasteiger partial charge in [-0.25, -0.2) is 4.57 Å². The Morgan fingerprint density at radius 2 is 1.93 bits per heavy atom. The number of nitro benzene ring substituents is 1. The standard InChI is InChI=1S/C19H16N3O4.BrH/c1-26-17-7-5-14(6-8-17)18-9-10-21(13-20-18)12-19(23)15-3-2-4-16(11-15)22(24)25;/h2-11,13H,12H2,1H3;1H/q+1;/p-1. The first-order valence-corrected chi connectivity index (χ1v) is 7.84. The Bertz CT molecular complexity index is 944. The molecular weight excluding hydrogens is 414 g/mol. The molecule has 0 N–H and O–H groups in total. The van der Waals surface area contributed by atoms with Crippen LogP contribution in [0.5, 0.6) is 5.75 Å². The first-order valence-electron chi connectivity index (χ1n) is 7.84. The molecule has 0 amide bonds. The van der Waals surface area contributed by atoms with Gasteiger partial charge in [-0.1, -0.05) is 12.1 Å². The highest BCUT2D eigenvalue weighted by molar-refractivity contribution is 5.95. The topological polar surface area (TPSA) is 86.2 Å². The molecule has 8 heteroatoms. The molecule has 0 unspecified atom stereocenters. The molecule has 0 atom stereocenters. The average molecular weight is 430 g/mol. The van der Waals surface area contributed by atoms with Crippen LogP contribution in [0.25, 0.3) is 11.3 Å². The summed E-state index contributed by atoms with van der Waals surface area (Å²) in [6.07, 6.45) is 3.32. The van der Waals surface area contributed by atoms with Crippen molar-refractivity contribution in [2.45, 2.75) is 6.54 Å². The van der Waals surface area contributed by atoms with E-state index in [-0.39, 0.29) is 35.0 Å². The molecule has 1 heterocycles. The summed E-state index contributed by atoms with van der Waals surface area (Å²) < 4.78 is 6.76. The van der Waals surface area contributed by atoms with Gasteiger partial charge in [-0.05, 0) is 29.2 Å². The van der Waals surface area contributed by atoms with Gasteiger partial charge in [0.1, 0.15) is 5.75 Å². The van der Waals surface area contributed by atoms with Crippen LogP contribution in [0.15, 0.2) is 67.1 Å². The molecule has 3 aromatic rings. The first kappa shape index (κ1) is 20.2. The first-order chi connectivity index (χ1) is 12.6. The van der Waals surface area contributed by atoms with Crippen LogP contribution in [0.1, 0.15) is 10.4 Å². The Morgan fingerprint density at radius 1 is 1.19 bits per heavy atom. The SMILES string of the molecule is COc1ccc(-c2cc[n+](CC(=O)c3cccc([N+](=O)[O-])c3)cn2)cc1.[Br-]. The zero-order valence-electron chi connectivity index (χ0n) is 14.4. The fourth-order valence-electron chi connectivity index (χ4n) is 2.46. The summed E-state index contributed by atoms with van der Waals surface area (Å²) in [5.74, 6) is 0.542. The molecule has 0 radical (unpaired) electrons. The van der Waals surface area contributed by atoms with Crippen molar-refractivity contribution in [2.75, 3.05) is 7.11 Å². The Morgan fingerprint density at radius 3 is 2.52 bits per heavy atom. The van der Waals surface area contributed by atoms with Crippen LogP contribution < -0.4 is 26.3 Å². The molecule has 0 bridgehead atoms. The van der Waals surface area contributed by atoms with Crippen molar-refractivity contribution in [1.82, 2.24) is 4.98 Å². The molecule has 2 aromatic carbocycles. The number of ether oxygens (including phenoxy) is 1. The summed E-state index contributed by atoms with van der Waals surface area (Å²) in [5.41, 5.74) is 1.90. The number of nitro groups is 1. The highest BCUT2D eigenvalue weighted by Crippen LogP contribution is 2.19. The van der Waals surface area contributed by atoms with Crippen LogP contribution in [0, 0.1) is 10.1 Å². The Balaban J connectivity index is 0.00000261. The fraction of sp³-hybridized carbons (Fsp3) is 0.105. The molecule has 0 spiro atoms. The molecule has 7 nitrogen and oxygen atoms in total. The highest BCUT2D eigenvalue weighted by atomic mass is 79.9. The summed E-state index contributed by atoms with van der Waals surface area (Å²) in [7, 11) is 1.61. The summed E-state index contributed by atoms with van der Waals surface area (Å²) in [6.45, 7) is 0.0526. The van der Waals surface area contributed by atoms with Gasteiger partial charge in [-0.2, -0.15) is 0 Å². The number of aromatic nitrogens is 2. The van der Waals surface area contributed by atoms with E-state index in [1.807, 2.05) is 30.3 Å². The Hall–Kier alpha value is -3.13. The predicted molar refractivity (Wildman–Crippen MR) is 93.8 cm³/mol. The van der Waals surface area contributed by atoms with Crippen molar-refractivity contribution in [1.29, 1.82) is 0 Å². The minimum Gasteiger partial charge on any atom is -1.00 e. The molecule has 0 aliphatic carbocycles. The maximum atomic E-state index is 12.3. The number of non-ortho nitro benzene ring substituents is 1. The molecule has 0 fully saturated rings. The monoisotopic (exact) mass is 429 g/mol. The number of rotatable bonds is 6. The van der Waals surface area contributed by atoms with Gasteiger partial charge in [0.05, 0.1) is 18.2 Å². The molecule has 0 saturated carbocycles. The van der Waals surface area contributed by atoms with E-state index in [1.165, 1.54) is 18.2 Å². The second kappa shape index (κ2) is 9.00. The second-order valence-electron chi connectivity index (χ2n) is 5.58. The number of benzene rings is 2. The number of hydrogen-bond donors (Lipinski definition) is 0. The van der Waals surface area contributed by atoms with Crippen LogP contribution in [0.3, 0.4) is 0 Å². The summed E-state index contributed by atoms with van der Waals surface area (Å²) in [4.78, 5) is 27.0. The maximum Gasteiger partial charge on any atom is 0.287 e. The van der Waals surface area contributed by atoms with Crippen molar-refractivity contribution in [3.8, 4) is 17.0 Å². The van der Waals surface area contributed by atoms with Crippen LogP contribution in [-0.2, 0) is 6.54 Å². The number of carbonyl (C=O) groups excluding carboxylic acids is 1. The molecule has 27 heavy (non-hydrogen) atoms. The summed E-state index contributed by atoms with van der Waals surface area (Å²) in [6, 6.07) is 15.0. The van der Waals surface area contributed by atoms with E-state index in [9.17, 15) is 14.9 Å². The Labute approximate surface area is 166 Å². The molecule has 1 aromatic heterocycles. The van der Waals surface area contributed by atoms with Crippen molar-refractivity contribution < 1.29 is 36.0 Å². The van der Waals surface area contributed by atoms with Gasteiger partial charge in [-0.15, -0.1) is 0 Å². The predicted octanol–water partition coefficient (Wildman–Crippen LogP) is -0.160. The molecule has 0 aliphatic rings. The van der Waals surface area contributed by atoms with Gasteiger partial charge in [0.2, 0.25) is 5.78 Å². The van der Waals surface area contributed by atoms with E-state index in [1.54, 1.807) is 30.3 Å². The molecular formula is C19H16BrN3O4. The van der Waals surface area contributed by atoms with Crippen molar-refractivity contribution in [2.24, 2.45) is 0 Å². The number of hydrogen-bond acceptors (Lipinski definition) is 5.